The molecule has 0 aliphatic carbocycles. The van der Waals surface area contributed by atoms with E-state index in [0.29, 0.717) is 0 Å². The van der Waals surface area contributed by atoms with E-state index in [2.05, 4.69) is 0 Å². The molecule has 0 radical (unpaired) electrons. The predicted molar refractivity (Wildman–Crippen MR) is 6.73 cm³/mol. The maximum absolute atomic E-state index is 0. The van der Waals surface area contributed by atoms with Crippen molar-refractivity contribution in [2.45, 2.75) is 7.43 Å². The van der Waals surface area contributed by atoms with Crippen LogP contribution in [0.15, 0.2) is 0 Å². The Morgan fingerprint density at radius 1 is 1.00 bits per heavy atom. The summed E-state index contributed by atoms with van der Waals surface area (Å²) in [5, 5.41) is 0. The standard InChI is InChI=1S/CH4.Pt.Ti.Zn/h1H4;;;/q;;;+2. The Balaban J connectivity index is 0. The molecular weight excluding hydrogens is 320 g/mol. The molecule has 0 rings (SSSR count). The van der Waals surface area contributed by atoms with Gasteiger partial charge in [-0.1, -0.05) is 7.43 Å². The molecule has 0 saturated heterocycles. The third-order valence-electron chi connectivity index (χ3n) is 0. The van der Waals surface area contributed by atoms with Crippen LogP contribution < -0.4 is 0 Å². The molecule has 0 nitrogen and oxygen atoms in total. The molecule has 0 spiro atoms. The van der Waals surface area contributed by atoms with E-state index in [-0.39, 0.29) is 69.7 Å². The van der Waals surface area contributed by atoms with E-state index in [1.807, 2.05) is 0 Å². The van der Waals surface area contributed by atoms with Crippen molar-refractivity contribution in [1.29, 1.82) is 0 Å². The van der Waals surface area contributed by atoms with Crippen molar-refractivity contribution >= 4 is 0 Å². The van der Waals surface area contributed by atoms with Gasteiger partial charge < -0.3 is 0 Å². The Morgan fingerprint density at radius 3 is 1.00 bits per heavy atom. The van der Waals surface area contributed by atoms with Crippen molar-refractivity contribution < 1.29 is 62.3 Å². The number of hydrogen-bond acceptors (Lipinski definition) is 0. The minimum atomic E-state index is 0. The van der Waals surface area contributed by atoms with Crippen molar-refractivity contribution in [2.75, 3.05) is 0 Å². The van der Waals surface area contributed by atoms with Crippen LogP contribution in [-0.4, -0.2) is 0 Å². The Hall–Kier alpha value is 2.03. The molecule has 0 N–H and O–H groups in total. The van der Waals surface area contributed by atoms with Gasteiger partial charge in [0.1, 0.15) is 0 Å². The molecule has 0 aromatic carbocycles. The molecule has 0 amide bonds. The molecule has 0 atom stereocenters. The van der Waals surface area contributed by atoms with Gasteiger partial charge in [-0.15, -0.1) is 0 Å². The minimum absolute atomic E-state index is 0. The summed E-state index contributed by atoms with van der Waals surface area (Å²) >= 11 is 0. The molecule has 0 aliphatic heterocycles. The van der Waals surface area contributed by atoms with Crippen LogP contribution in [0.2, 0.25) is 0 Å². The van der Waals surface area contributed by atoms with Crippen molar-refractivity contribution in [3.8, 4) is 0 Å². The van der Waals surface area contributed by atoms with Crippen LogP contribution in [0.1, 0.15) is 7.43 Å². The maximum Gasteiger partial charge on any atom is 2.00 e. The van der Waals surface area contributed by atoms with Gasteiger partial charge >= 0.3 is 19.5 Å². The zero-order valence-electron chi connectivity index (χ0n) is 1.52. The van der Waals surface area contributed by atoms with Crippen LogP contribution >= 0.6 is 0 Å². The van der Waals surface area contributed by atoms with Crippen molar-refractivity contribution in [1.82, 2.24) is 0 Å². The van der Waals surface area contributed by atoms with Gasteiger partial charge in [0.05, 0.1) is 0 Å². The van der Waals surface area contributed by atoms with E-state index in [1.165, 1.54) is 0 Å². The second kappa shape index (κ2) is 19.8. The normalized spacial score (nSPS) is 0. The van der Waals surface area contributed by atoms with E-state index in [4.69, 9.17) is 0 Å². The van der Waals surface area contributed by atoms with Crippen LogP contribution in [0, 0.1) is 0 Å². The second-order valence-electron chi connectivity index (χ2n) is 0. The Kier molecular flexibility index (Phi) is 184. The van der Waals surface area contributed by atoms with Gasteiger partial charge in [-0.05, 0) is 0 Å². The molecule has 0 saturated carbocycles. The molecule has 0 bridgehead atoms. The first-order valence-corrected chi connectivity index (χ1v) is 0. The molecule has 3 heteroatoms. The number of rotatable bonds is 0. The summed E-state index contributed by atoms with van der Waals surface area (Å²) in [6, 6.07) is 0. The second-order valence-corrected chi connectivity index (χ2v) is 0. The fraction of sp³-hybridized carbons (Fsp3) is 1.00. The van der Waals surface area contributed by atoms with E-state index >= 15 is 0 Å². The molecule has 0 aromatic heterocycles. The monoisotopic (exact) mass is 323 g/mol. The average Bonchev–Trinajstić information content (AvgIpc) is 0. The van der Waals surface area contributed by atoms with E-state index in [1.54, 1.807) is 0 Å². The largest absolute Gasteiger partial charge is 2.00 e. The van der Waals surface area contributed by atoms with Gasteiger partial charge in [-0.25, -0.2) is 0 Å². The minimum Gasteiger partial charge on any atom is -0.0776 e. The number of hydrogen-bond donors (Lipinski definition) is 0. The first-order valence-electron chi connectivity index (χ1n) is 0. The fourth-order valence-corrected chi connectivity index (χ4v) is 0. The molecule has 22 valence electrons. The topological polar surface area (TPSA) is 0 Å². The molecule has 0 fully saturated rings. The predicted octanol–water partition coefficient (Wildman–Crippen LogP) is 0.629. The van der Waals surface area contributed by atoms with Crippen molar-refractivity contribution in [3.63, 3.8) is 0 Å². The van der Waals surface area contributed by atoms with E-state index in [0.717, 1.165) is 0 Å². The van der Waals surface area contributed by atoms with Crippen LogP contribution in [-0.2, 0) is 62.3 Å². The third kappa shape index (κ3) is 8.98. The molecule has 4 heavy (non-hydrogen) atoms. The summed E-state index contributed by atoms with van der Waals surface area (Å²) in [4.78, 5) is 0. The fourth-order valence-electron chi connectivity index (χ4n) is 0. The first kappa shape index (κ1) is 37.1. The Labute approximate surface area is 69.0 Å². The molecule has 0 unspecified atom stereocenters. The Bertz CT molecular complexity index is 8.00. The van der Waals surface area contributed by atoms with Crippen molar-refractivity contribution in [3.05, 3.63) is 0 Å². The molecule has 0 aliphatic rings. The summed E-state index contributed by atoms with van der Waals surface area (Å²) in [6.07, 6.45) is 0. The summed E-state index contributed by atoms with van der Waals surface area (Å²) < 4.78 is 0. The average molecular weight is 324 g/mol. The van der Waals surface area contributed by atoms with Gasteiger partial charge in [0, 0.05) is 42.8 Å². The van der Waals surface area contributed by atoms with Gasteiger partial charge in [0.15, 0.2) is 0 Å². The van der Waals surface area contributed by atoms with E-state index in [9.17, 15) is 0 Å². The molecular formula is CH4PtTiZn+2. The van der Waals surface area contributed by atoms with Crippen LogP contribution in [0.4, 0.5) is 0 Å². The molecule has 0 heterocycles. The first-order chi connectivity index (χ1) is 0. The Morgan fingerprint density at radius 2 is 1.00 bits per heavy atom. The zero-order valence-corrected chi connectivity index (χ0v) is 8.32. The van der Waals surface area contributed by atoms with Gasteiger partial charge in [-0.2, -0.15) is 0 Å². The zero-order chi connectivity index (χ0) is 0. The van der Waals surface area contributed by atoms with Crippen LogP contribution in [0.25, 0.3) is 0 Å². The van der Waals surface area contributed by atoms with Gasteiger partial charge in [-0.3, -0.25) is 0 Å². The molecule has 0 aromatic rings. The third-order valence-corrected chi connectivity index (χ3v) is 0. The maximum atomic E-state index is 0. The summed E-state index contributed by atoms with van der Waals surface area (Å²) in [5.41, 5.74) is 0. The summed E-state index contributed by atoms with van der Waals surface area (Å²) in [5.74, 6) is 0. The van der Waals surface area contributed by atoms with Crippen LogP contribution in [0.3, 0.4) is 0 Å². The van der Waals surface area contributed by atoms with Gasteiger partial charge in [0.25, 0.3) is 0 Å². The van der Waals surface area contributed by atoms with Crippen molar-refractivity contribution in [2.24, 2.45) is 0 Å². The van der Waals surface area contributed by atoms with E-state index < -0.39 is 0 Å². The summed E-state index contributed by atoms with van der Waals surface area (Å²) in [6.45, 7) is 0. The quantitative estimate of drug-likeness (QED) is 0.574. The SMILES string of the molecule is C.[Pt].[Ti].[Zn+2]. The van der Waals surface area contributed by atoms with Crippen LogP contribution in [0.5, 0.6) is 0 Å². The van der Waals surface area contributed by atoms with Gasteiger partial charge in [0.2, 0.25) is 0 Å². The summed E-state index contributed by atoms with van der Waals surface area (Å²) in [7, 11) is 0. The smallest absolute Gasteiger partial charge is 0.0776 e.